The molecule has 0 amide bonds. The number of thioether (sulfide) groups is 1. The van der Waals surface area contributed by atoms with Crippen LogP contribution in [-0.2, 0) is 0 Å². The summed E-state index contributed by atoms with van der Waals surface area (Å²) in [5.74, 6) is 1.44. The minimum atomic E-state index is 0.237. The molecule has 3 aromatic rings. The number of aromatic nitrogens is 7. The minimum Gasteiger partial charge on any atom is -0.368 e. The van der Waals surface area contributed by atoms with Crippen molar-refractivity contribution < 1.29 is 0 Å². The van der Waals surface area contributed by atoms with Crippen molar-refractivity contribution in [3.8, 4) is 11.6 Å². The molecule has 9 heteroatoms. The van der Waals surface area contributed by atoms with E-state index in [9.17, 15) is 0 Å². The molecule has 0 atom stereocenters. The lowest BCUT2D eigenvalue weighted by atomic mass is 10.4. The highest BCUT2D eigenvalue weighted by Crippen LogP contribution is 2.15. The Bertz CT molecular complexity index is 752. The van der Waals surface area contributed by atoms with Gasteiger partial charge >= 0.3 is 0 Å². The van der Waals surface area contributed by atoms with Crippen molar-refractivity contribution in [3.63, 3.8) is 0 Å². The Labute approximate surface area is 112 Å². The summed E-state index contributed by atoms with van der Waals surface area (Å²) in [6.45, 7) is 1.88. The Kier molecular flexibility index (Phi) is 2.75. The SMILES string of the molecule is CSc1nc(N)n2nc(-c3nccc(C)n3)nc2n1. The molecule has 0 aliphatic carbocycles. The molecule has 19 heavy (non-hydrogen) atoms. The molecule has 0 saturated carbocycles. The Balaban J connectivity index is 2.19. The predicted octanol–water partition coefficient (Wildman–Crippen LogP) is 0.589. The van der Waals surface area contributed by atoms with Crippen LogP contribution in [-0.4, -0.2) is 40.8 Å². The zero-order valence-electron chi connectivity index (χ0n) is 10.3. The van der Waals surface area contributed by atoms with Crippen molar-refractivity contribution in [2.45, 2.75) is 12.1 Å². The summed E-state index contributed by atoms with van der Waals surface area (Å²) < 4.78 is 1.38. The summed E-state index contributed by atoms with van der Waals surface area (Å²) in [4.78, 5) is 21.0. The van der Waals surface area contributed by atoms with Crippen LogP contribution in [0.1, 0.15) is 5.69 Å². The van der Waals surface area contributed by atoms with Gasteiger partial charge in [-0.25, -0.2) is 9.97 Å². The van der Waals surface area contributed by atoms with Crippen molar-refractivity contribution in [3.05, 3.63) is 18.0 Å². The topological polar surface area (TPSA) is 108 Å². The minimum absolute atomic E-state index is 0.237. The van der Waals surface area contributed by atoms with Gasteiger partial charge in [0.25, 0.3) is 5.78 Å². The third kappa shape index (κ3) is 2.08. The van der Waals surface area contributed by atoms with Crippen molar-refractivity contribution in [1.29, 1.82) is 0 Å². The first-order valence-electron chi connectivity index (χ1n) is 5.41. The summed E-state index contributed by atoms with van der Waals surface area (Å²) in [5, 5.41) is 4.77. The number of fused-ring (bicyclic) bond motifs is 1. The second-order valence-electron chi connectivity index (χ2n) is 3.74. The van der Waals surface area contributed by atoms with E-state index in [1.807, 2.05) is 13.2 Å². The molecule has 0 fully saturated rings. The fraction of sp³-hybridized carbons (Fsp3) is 0.200. The van der Waals surface area contributed by atoms with Gasteiger partial charge in [-0.2, -0.15) is 19.5 Å². The van der Waals surface area contributed by atoms with Crippen molar-refractivity contribution in [1.82, 2.24) is 34.5 Å². The van der Waals surface area contributed by atoms with Gasteiger partial charge in [0.1, 0.15) is 0 Å². The maximum atomic E-state index is 5.81. The lowest BCUT2D eigenvalue weighted by molar-refractivity contribution is 0.849. The summed E-state index contributed by atoms with van der Waals surface area (Å²) in [5.41, 5.74) is 6.65. The molecule has 0 saturated heterocycles. The van der Waals surface area contributed by atoms with Gasteiger partial charge in [0.15, 0.2) is 11.0 Å². The number of aryl methyl sites for hydroxylation is 1. The Morgan fingerprint density at radius 3 is 2.74 bits per heavy atom. The molecular weight excluding hydrogens is 264 g/mol. The molecule has 2 N–H and O–H groups in total. The first-order valence-corrected chi connectivity index (χ1v) is 6.64. The van der Waals surface area contributed by atoms with Gasteiger partial charge in [0.05, 0.1) is 0 Å². The average molecular weight is 274 g/mol. The average Bonchev–Trinajstić information content (AvgIpc) is 2.83. The van der Waals surface area contributed by atoms with E-state index in [-0.39, 0.29) is 5.95 Å². The second-order valence-corrected chi connectivity index (χ2v) is 4.51. The van der Waals surface area contributed by atoms with Crippen LogP contribution in [0.15, 0.2) is 17.4 Å². The number of hydrogen-bond acceptors (Lipinski definition) is 8. The fourth-order valence-corrected chi connectivity index (χ4v) is 1.89. The van der Waals surface area contributed by atoms with Crippen LogP contribution in [0.3, 0.4) is 0 Å². The Morgan fingerprint density at radius 2 is 2.00 bits per heavy atom. The number of nitrogen functional groups attached to an aromatic ring is 1. The van der Waals surface area contributed by atoms with E-state index in [4.69, 9.17) is 5.73 Å². The van der Waals surface area contributed by atoms with Crippen LogP contribution >= 0.6 is 11.8 Å². The van der Waals surface area contributed by atoms with Crippen LogP contribution in [0.4, 0.5) is 5.95 Å². The summed E-state index contributed by atoms with van der Waals surface area (Å²) >= 11 is 1.39. The van der Waals surface area contributed by atoms with E-state index in [1.54, 1.807) is 12.3 Å². The van der Waals surface area contributed by atoms with Gasteiger partial charge in [0, 0.05) is 11.9 Å². The standard InChI is InChI=1S/C10H10N8S/c1-5-3-4-12-6(13-5)7-14-9-16-10(19-2)15-8(11)18(9)17-7/h3-4H,1-2H3,(H2,11,14,15,16,17). The molecule has 0 aliphatic heterocycles. The quantitative estimate of drug-likeness (QED) is 0.676. The lowest BCUT2D eigenvalue weighted by Crippen LogP contribution is -2.04. The fourth-order valence-electron chi connectivity index (χ4n) is 1.53. The summed E-state index contributed by atoms with van der Waals surface area (Å²) in [7, 11) is 0. The monoisotopic (exact) mass is 274 g/mol. The van der Waals surface area contributed by atoms with Gasteiger partial charge in [-0.05, 0) is 19.2 Å². The normalized spacial score (nSPS) is 11.1. The van der Waals surface area contributed by atoms with E-state index in [2.05, 4.69) is 30.0 Å². The van der Waals surface area contributed by atoms with Crippen LogP contribution in [0.2, 0.25) is 0 Å². The zero-order chi connectivity index (χ0) is 13.4. The zero-order valence-corrected chi connectivity index (χ0v) is 11.1. The third-order valence-corrected chi connectivity index (χ3v) is 2.94. The highest BCUT2D eigenvalue weighted by atomic mass is 32.2. The first-order chi connectivity index (χ1) is 9.17. The highest BCUT2D eigenvalue weighted by Gasteiger charge is 2.13. The van der Waals surface area contributed by atoms with Gasteiger partial charge in [-0.3, -0.25) is 0 Å². The van der Waals surface area contributed by atoms with E-state index in [0.29, 0.717) is 22.6 Å². The number of hydrogen-bond donors (Lipinski definition) is 1. The molecule has 3 heterocycles. The van der Waals surface area contributed by atoms with Crippen molar-refractivity contribution >= 4 is 23.5 Å². The molecule has 3 aromatic heterocycles. The molecule has 0 bridgehead atoms. The predicted molar refractivity (Wildman–Crippen MR) is 70.5 cm³/mol. The lowest BCUT2D eigenvalue weighted by Gasteiger charge is -1.97. The van der Waals surface area contributed by atoms with E-state index < -0.39 is 0 Å². The third-order valence-electron chi connectivity index (χ3n) is 2.39. The van der Waals surface area contributed by atoms with E-state index in [1.165, 1.54) is 16.3 Å². The summed E-state index contributed by atoms with van der Waals surface area (Å²) in [6.07, 6.45) is 3.53. The van der Waals surface area contributed by atoms with Crippen LogP contribution in [0.5, 0.6) is 0 Å². The first kappa shape index (κ1) is 11.8. The number of rotatable bonds is 2. The Hall–Kier alpha value is -2.29. The van der Waals surface area contributed by atoms with Crippen LogP contribution < -0.4 is 5.73 Å². The van der Waals surface area contributed by atoms with Crippen molar-refractivity contribution in [2.24, 2.45) is 0 Å². The smallest absolute Gasteiger partial charge is 0.258 e. The summed E-state index contributed by atoms with van der Waals surface area (Å²) in [6, 6.07) is 1.80. The molecule has 96 valence electrons. The molecule has 0 aromatic carbocycles. The molecule has 3 rings (SSSR count). The maximum absolute atomic E-state index is 5.81. The molecule has 0 unspecified atom stereocenters. The van der Waals surface area contributed by atoms with E-state index >= 15 is 0 Å². The molecular formula is C10H10N8S. The Morgan fingerprint density at radius 1 is 1.16 bits per heavy atom. The van der Waals surface area contributed by atoms with Gasteiger partial charge in [-0.1, -0.05) is 11.8 Å². The second kappa shape index (κ2) is 4.43. The van der Waals surface area contributed by atoms with Gasteiger partial charge < -0.3 is 5.73 Å². The van der Waals surface area contributed by atoms with Crippen LogP contribution in [0.25, 0.3) is 17.4 Å². The number of anilines is 1. The maximum Gasteiger partial charge on any atom is 0.258 e. The molecule has 0 spiro atoms. The van der Waals surface area contributed by atoms with Crippen molar-refractivity contribution in [2.75, 3.05) is 12.0 Å². The molecule has 0 radical (unpaired) electrons. The van der Waals surface area contributed by atoms with Crippen LogP contribution in [0, 0.1) is 6.92 Å². The van der Waals surface area contributed by atoms with E-state index in [0.717, 1.165) is 5.69 Å². The largest absolute Gasteiger partial charge is 0.368 e. The van der Waals surface area contributed by atoms with Gasteiger partial charge in [-0.15, -0.1) is 5.10 Å². The highest BCUT2D eigenvalue weighted by molar-refractivity contribution is 7.98. The van der Waals surface area contributed by atoms with Gasteiger partial charge in [0.2, 0.25) is 11.8 Å². The number of nitrogens with two attached hydrogens (primary N) is 1. The molecule has 8 nitrogen and oxygen atoms in total. The molecule has 0 aliphatic rings. The number of nitrogens with zero attached hydrogens (tertiary/aromatic N) is 7.